The topological polar surface area (TPSA) is 46.9 Å². The largest absolute Gasteiger partial charge is 0.354 e. The number of pyridine rings is 1. The van der Waals surface area contributed by atoms with E-state index in [4.69, 9.17) is 0 Å². The van der Waals surface area contributed by atoms with Gasteiger partial charge in [0.15, 0.2) is 0 Å². The number of nitrogens with zero attached hydrogens (tertiary/aromatic N) is 2. The summed E-state index contributed by atoms with van der Waals surface area (Å²) in [6, 6.07) is 13.8. The van der Waals surface area contributed by atoms with E-state index in [0.29, 0.717) is 6.42 Å². The van der Waals surface area contributed by atoms with E-state index in [0.717, 1.165) is 35.2 Å². The Morgan fingerprint density at radius 2 is 1.95 bits per heavy atom. The molecule has 0 aliphatic heterocycles. The lowest BCUT2D eigenvalue weighted by atomic mass is 10.1. The van der Waals surface area contributed by atoms with E-state index in [1.54, 1.807) is 0 Å². The quantitative estimate of drug-likeness (QED) is 0.778. The fourth-order valence-corrected chi connectivity index (χ4v) is 2.52. The summed E-state index contributed by atoms with van der Waals surface area (Å²) in [4.78, 5) is 16.6. The van der Waals surface area contributed by atoms with Crippen molar-refractivity contribution < 1.29 is 4.79 Å². The average molecular weight is 293 g/mol. The van der Waals surface area contributed by atoms with Crippen LogP contribution in [0.2, 0.25) is 0 Å². The highest BCUT2D eigenvalue weighted by Gasteiger charge is 2.06. The van der Waals surface area contributed by atoms with Crippen LogP contribution in [0, 0.1) is 6.92 Å². The molecular formula is C18H19N3O. The second-order valence-corrected chi connectivity index (χ2v) is 5.40. The monoisotopic (exact) mass is 293 g/mol. The molecular weight excluding hydrogens is 274 g/mol. The maximum Gasteiger partial charge on any atom is 0.224 e. The Kier molecular flexibility index (Phi) is 4.19. The molecule has 22 heavy (non-hydrogen) atoms. The van der Waals surface area contributed by atoms with Gasteiger partial charge in [0.05, 0.1) is 11.2 Å². The number of aryl methyl sites for hydroxylation is 2. The molecule has 0 bridgehead atoms. The van der Waals surface area contributed by atoms with E-state index in [1.807, 2.05) is 61.8 Å². The van der Waals surface area contributed by atoms with Crippen molar-refractivity contribution in [2.45, 2.75) is 26.3 Å². The fourth-order valence-electron chi connectivity index (χ4n) is 2.52. The van der Waals surface area contributed by atoms with Crippen molar-refractivity contribution in [3.8, 4) is 0 Å². The van der Waals surface area contributed by atoms with Gasteiger partial charge in [0.2, 0.25) is 5.91 Å². The number of carbonyl (C=O) groups is 1. The van der Waals surface area contributed by atoms with Crippen LogP contribution >= 0.6 is 0 Å². The molecule has 0 radical (unpaired) electrons. The predicted molar refractivity (Wildman–Crippen MR) is 88.8 cm³/mol. The number of hydrogen-bond donors (Lipinski definition) is 1. The smallest absolute Gasteiger partial charge is 0.224 e. The van der Waals surface area contributed by atoms with E-state index < -0.39 is 0 Å². The second-order valence-electron chi connectivity index (χ2n) is 5.40. The second kappa shape index (κ2) is 6.43. The van der Waals surface area contributed by atoms with Crippen molar-refractivity contribution in [3.05, 3.63) is 60.6 Å². The van der Waals surface area contributed by atoms with Crippen LogP contribution in [0.4, 0.5) is 5.69 Å². The third kappa shape index (κ3) is 3.34. The van der Waals surface area contributed by atoms with Gasteiger partial charge in [0, 0.05) is 36.4 Å². The van der Waals surface area contributed by atoms with Crippen molar-refractivity contribution in [1.29, 1.82) is 0 Å². The standard InChI is InChI=1S/C18H19N3O/c1-14-9-10-15-16(19-14)6-4-7-17(15)20-18(22)8-5-13-21-11-2-3-12-21/h2-4,6-7,9-12H,5,8,13H2,1H3,(H,20,22). The molecule has 4 heteroatoms. The van der Waals surface area contributed by atoms with Crippen molar-refractivity contribution in [2.24, 2.45) is 0 Å². The Morgan fingerprint density at radius 1 is 1.14 bits per heavy atom. The molecule has 0 fully saturated rings. The lowest BCUT2D eigenvalue weighted by Gasteiger charge is -2.09. The lowest BCUT2D eigenvalue weighted by molar-refractivity contribution is -0.116. The van der Waals surface area contributed by atoms with Crippen molar-refractivity contribution in [3.63, 3.8) is 0 Å². The van der Waals surface area contributed by atoms with Gasteiger partial charge in [-0.25, -0.2) is 0 Å². The van der Waals surface area contributed by atoms with Gasteiger partial charge in [0.25, 0.3) is 0 Å². The van der Waals surface area contributed by atoms with Gasteiger partial charge in [-0.3, -0.25) is 9.78 Å². The highest BCUT2D eigenvalue weighted by Crippen LogP contribution is 2.22. The maximum atomic E-state index is 12.1. The molecule has 2 aromatic heterocycles. The summed E-state index contributed by atoms with van der Waals surface area (Å²) in [7, 11) is 0. The number of hydrogen-bond acceptors (Lipinski definition) is 2. The van der Waals surface area contributed by atoms with Gasteiger partial charge >= 0.3 is 0 Å². The van der Waals surface area contributed by atoms with Crippen LogP contribution in [0.25, 0.3) is 10.9 Å². The Labute approximate surface area is 129 Å². The third-order valence-electron chi connectivity index (χ3n) is 3.63. The zero-order chi connectivity index (χ0) is 15.4. The first-order valence-corrected chi connectivity index (χ1v) is 7.49. The van der Waals surface area contributed by atoms with E-state index in [2.05, 4.69) is 14.9 Å². The Morgan fingerprint density at radius 3 is 2.77 bits per heavy atom. The van der Waals surface area contributed by atoms with Crippen LogP contribution in [0.15, 0.2) is 54.9 Å². The first-order valence-electron chi connectivity index (χ1n) is 7.49. The summed E-state index contributed by atoms with van der Waals surface area (Å²) in [6.45, 7) is 2.82. The molecule has 0 aliphatic rings. The zero-order valence-corrected chi connectivity index (χ0v) is 12.6. The van der Waals surface area contributed by atoms with Crippen LogP contribution in [-0.4, -0.2) is 15.5 Å². The van der Waals surface area contributed by atoms with Crippen LogP contribution in [0.5, 0.6) is 0 Å². The highest BCUT2D eigenvalue weighted by atomic mass is 16.1. The number of aromatic nitrogens is 2. The molecule has 0 saturated carbocycles. The summed E-state index contributed by atoms with van der Waals surface area (Å²) in [5, 5.41) is 3.97. The Balaban J connectivity index is 1.64. The average Bonchev–Trinajstić information content (AvgIpc) is 3.00. The number of amides is 1. The molecule has 2 heterocycles. The number of fused-ring (bicyclic) bond motifs is 1. The van der Waals surface area contributed by atoms with E-state index in [-0.39, 0.29) is 5.91 Å². The van der Waals surface area contributed by atoms with Gasteiger partial charge in [-0.1, -0.05) is 6.07 Å². The molecule has 0 aliphatic carbocycles. The number of rotatable bonds is 5. The molecule has 3 rings (SSSR count). The third-order valence-corrected chi connectivity index (χ3v) is 3.63. The molecule has 1 N–H and O–H groups in total. The minimum Gasteiger partial charge on any atom is -0.354 e. The summed E-state index contributed by atoms with van der Waals surface area (Å²) in [5.74, 6) is 0.0419. The minimum atomic E-state index is 0.0419. The van der Waals surface area contributed by atoms with E-state index in [1.165, 1.54) is 0 Å². The lowest BCUT2D eigenvalue weighted by Crippen LogP contribution is -2.12. The van der Waals surface area contributed by atoms with E-state index in [9.17, 15) is 4.79 Å². The van der Waals surface area contributed by atoms with Crippen LogP contribution in [0.1, 0.15) is 18.5 Å². The van der Waals surface area contributed by atoms with Crippen LogP contribution in [-0.2, 0) is 11.3 Å². The van der Waals surface area contributed by atoms with Gasteiger partial charge in [-0.2, -0.15) is 0 Å². The van der Waals surface area contributed by atoms with Crippen molar-refractivity contribution in [1.82, 2.24) is 9.55 Å². The summed E-state index contributed by atoms with van der Waals surface area (Å²) >= 11 is 0. The Hall–Kier alpha value is -2.62. The van der Waals surface area contributed by atoms with Crippen LogP contribution in [0.3, 0.4) is 0 Å². The Bertz CT molecular complexity index is 778. The van der Waals surface area contributed by atoms with Crippen molar-refractivity contribution in [2.75, 3.05) is 5.32 Å². The maximum absolute atomic E-state index is 12.1. The first kappa shape index (κ1) is 14.3. The molecule has 1 amide bonds. The molecule has 0 saturated heterocycles. The van der Waals surface area contributed by atoms with Gasteiger partial charge in [-0.05, 0) is 49.7 Å². The number of nitrogens with one attached hydrogen (secondary N) is 1. The normalized spacial score (nSPS) is 10.8. The van der Waals surface area contributed by atoms with E-state index >= 15 is 0 Å². The molecule has 0 spiro atoms. The molecule has 0 unspecified atom stereocenters. The molecule has 4 nitrogen and oxygen atoms in total. The summed E-state index contributed by atoms with van der Waals surface area (Å²) in [6.07, 6.45) is 5.35. The zero-order valence-electron chi connectivity index (χ0n) is 12.6. The molecule has 112 valence electrons. The SMILES string of the molecule is Cc1ccc2c(NC(=O)CCCn3cccc3)cccc2n1. The first-order chi connectivity index (χ1) is 10.7. The van der Waals surface area contributed by atoms with Crippen molar-refractivity contribution >= 4 is 22.5 Å². The number of carbonyl (C=O) groups excluding carboxylic acids is 1. The van der Waals surface area contributed by atoms with Gasteiger partial charge < -0.3 is 9.88 Å². The van der Waals surface area contributed by atoms with Crippen LogP contribution < -0.4 is 5.32 Å². The molecule has 3 aromatic rings. The predicted octanol–water partition coefficient (Wildman–Crippen LogP) is 3.76. The van der Waals surface area contributed by atoms with Gasteiger partial charge in [0.1, 0.15) is 0 Å². The molecule has 1 aromatic carbocycles. The minimum absolute atomic E-state index is 0.0419. The summed E-state index contributed by atoms with van der Waals surface area (Å²) < 4.78 is 2.08. The number of anilines is 1. The summed E-state index contributed by atoms with van der Waals surface area (Å²) in [5.41, 5.74) is 2.71. The highest BCUT2D eigenvalue weighted by molar-refractivity contribution is 6.00. The molecule has 0 atom stereocenters. The fraction of sp³-hybridized carbons (Fsp3) is 0.222. The number of benzene rings is 1. The van der Waals surface area contributed by atoms with Gasteiger partial charge in [-0.15, -0.1) is 0 Å².